The van der Waals surface area contributed by atoms with Crippen molar-refractivity contribution in [2.75, 3.05) is 0 Å². The monoisotopic (exact) mass is 819 g/mol. The van der Waals surface area contributed by atoms with Gasteiger partial charge in [-0.25, -0.2) is 15.0 Å². The Morgan fingerprint density at radius 2 is 0.781 bits per heavy atom. The molecule has 7 heteroatoms. The second kappa shape index (κ2) is 13.3. The van der Waals surface area contributed by atoms with E-state index in [-0.39, 0.29) is 0 Å². The first-order chi connectivity index (χ1) is 31.8. The second-order valence-corrected chi connectivity index (χ2v) is 16.3. The molecular weight excluding hydrogens is 787 g/mol. The molecule has 0 spiro atoms. The van der Waals surface area contributed by atoms with E-state index in [1.165, 1.54) is 0 Å². The highest BCUT2D eigenvalue weighted by atomic mass is 16.3. The third-order valence-corrected chi connectivity index (χ3v) is 12.7. The highest BCUT2D eigenvalue weighted by Gasteiger charge is 2.29. The number of furan rings is 2. The van der Waals surface area contributed by atoms with Crippen LogP contribution in [0.15, 0.2) is 209 Å². The Balaban J connectivity index is 1.16. The third-order valence-electron chi connectivity index (χ3n) is 12.7. The maximum Gasteiger partial charge on any atom is 0.164 e. The molecule has 0 N–H and O–H groups in total. The van der Waals surface area contributed by atoms with Crippen LogP contribution in [0.4, 0.5) is 0 Å². The SMILES string of the molecule is c1ccc(-c2nc(-c3ccccc3)nc(-c3ccc(-n4c5ccccc5c5c6c(c7ccccc7n6-c6ccccc6)c6oc7ccccc7c6c54)c4oc5ccccc5c34)n2)cc1. The summed E-state index contributed by atoms with van der Waals surface area (Å²) in [6, 6.07) is 69.2. The number of benzene rings is 9. The molecule has 298 valence electrons. The van der Waals surface area contributed by atoms with Crippen LogP contribution in [0.25, 0.3) is 133 Å². The predicted molar refractivity (Wildman–Crippen MR) is 259 cm³/mol. The summed E-state index contributed by atoms with van der Waals surface area (Å²) in [6.45, 7) is 0. The summed E-state index contributed by atoms with van der Waals surface area (Å²) in [7, 11) is 0. The van der Waals surface area contributed by atoms with Crippen molar-refractivity contribution in [2.45, 2.75) is 0 Å². The Morgan fingerprint density at radius 3 is 1.42 bits per heavy atom. The maximum atomic E-state index is 7.09. The topological polar surface area (TPSA) is 74.8 Å². The van der Waals surface area contributed by atoms with Gasteiger partial charge in [-0.2, -0.15) is 0 Å². The summed E-state index contributed by atoms with van der Waals surface area (Å²) in [6.07, 6.45) is 0. The fourth-order valence-corrected chi connectivity index (χ4v) is 10.1. The summed E-state index contributed by atoms with van der Waals surface area (Å²) >= 11 is 0. The molecule has 9 aromatic carbocycles. The molecule has 0 aliphatic heterocycles. The summed E-state index contributed by atoms with van der Waals surface area (Å²) in [4.78, 5) is 15.4. The van der Waals surface area contributed by atoms with E-state index >= 15 is 0 Å². The Bertz CT molecular complexity index is 4120. The summed E-state index contributed by atoms with van der Waals surface area (Å²) in [5.41, 5.74) is 12.1. The van der Waals surface area contributed by atoms with Gasteiger partial charge in [-0.05, 0) is 48.5 Å². The van der Waals surface area contributed by atoms with Crippen LogP contribution in [0.1, 0.15) is 0 Å². The van der Waals surface area contributed by atoms with Gasteiger partial charge in [0.05, 0.1) is 38.5 Å². The molecule has 0 bridgehead atoms. The van der Waals surface area contributed by atoms with Crippen LogP contribution < -0.4 is 0 Å². The first kappa shape index (κ1) is 34.9. The van der Waals surface area contributed by atoms with E-state index < -0.39 is 0 Å². The zero-order valence-electron chi connectivity index (χ0n) is 34.1. The highest BCUT2D eigenvalue weighted by Crippen LogP contribution is 2.50. The lowest BCUT2D eigenvalue weighted by atomic mass is 10.0. The molecule has 0 saturated heterocycles. The fourth-order valence-electron chi connectivity index (χ4n) is 10.1. The Labute approximate surface area is 364 Å². The summed E-state index contributed by atoms with van der Waals surface area (Å²) < 4.78 is 18.9. The number of nitrogens with zero attached hydrogens (tertiary/aromatic N) is 5. The predicted octanol–water partition coefficient (Wildman–Crippen LogP) is 14.9. The van der Waals surface area contributed by atoms with Gasteiger partial charge >= 0.3 is 0 Å². The van der Waals surface area contributed by atoms with Crippen molar-refractivity contribution in [1.29, 1.82) is 0 Å². The highest BCUT2D eigenvalue weighted by molar-refractivity contribution is 6.39. The number of hydrogen-bond donors (Lipinski definition) is 0. The number of fused-ring (bicyclic) bond motifs is 15. The molecule has 0 saturated carbocycles. The van der Waals surface area contributed by atoms with E-state index in [0.29, 0.717) is 17.5 Å². The van der Waals surface area contributed by atoms with Crippen LogP contribution in [0.2, 0.25) is 0 Å². The number of aromatic nitrogens is 5. The first-order valence-corrected chi connectivity index (χ1v) is 21.5. The van der Waals surface area contributed by atoms with Crippen molar-refractivity contribution in [3.63, 3.8) is 0 Å². The number of hydrogen-bond acceptors (Lipinski definition) is 5. The molecule has 0 amide bonds. The van der Waals surface area contributed by atoms with Crippen molar-refractivity contribution in [3.8, 4) is 45.5 Å². The van der Waals surface area contributed by atoms with Crippen molar-refractivity contribution in [1.82, 2.24) is 24.1 Å². The van der Waals surface area contributed by atoms with Gasteiger partial charge < -0.3 is 18.0 Å². The zero-order chi connectivity index (χ0) is 41.9. The van der Waals surface area contributed by atoms with Crippen LogP contribution in [0.5, 0.6) is 0 Å². The maximum absolute atomic E-state index is 7.09. The molecule has 7 nitrogen and oxygen atoms in total. The van der Waals surface area contributed by atoms with E-state index in [9.17, 15) is 0 Å². The Hall–Kier alpha value is -8.81. The molecule has 64 heavy (non-hydrogen) atoms. The molecule has 14 rings (SSSR count). The second-order valence-electron chi connectivity index (χ2n) is 16.3. The lowest BCUT2D eigenvalue weighted by molar-refractivity contribution is 0.666. The zero-order valence-corrected chi connectivity index (χ0v) is 34.1. The van der Waals surface area contributed by atoms with Crippen LogP contribution in [0, 0.1) is 0 Å². The fraction of sp³-hybridized carbons (Fsp3) is 0. The Kier molecular flexibility index (Phi) is 7.27. The minimum absolute atomic E-state index is 0.565. The molecule has 14 aromatic rings. The minimum Gasteiger partial charge on any atom is -0.455 e. The van der Waals surface area contributed by atoms with Gasteiger partial charge in [0.2, 0.25) is 0 Å². The number of para-hydroxylation sites is 5. The normalized spacial score (nSPS) is 12.1. The Morgan fingerprint density at radius 1 is 0.328 bits per heavy atom. The smallest absolute Gasteiger partial charge is 0.164 e. The molecule has 0 radical (unpaired) electrons. The van der Waals surface area contributed by atoms with Crippen LogP contribution in [-0.4, -0.2) is 24.1 Å². The number of rotatable bonds is 5. The summed E-state index contributed by atoms with van der Waals surface area (Å²) in [5.74, 6) is 1.77. The van der Waals surface area contributed by atoms with Crippen LogP contribution in [-0.2, 0) is 0 Å². The van der Waals surface area contributed by atoms with E-state index in [2.05, 4.69) is 130 Å². The van der Waals surface area contributed by atoms with Crippen molar-refractivity contribution >= 4 is 87.5 Å². The molecule has 0 atom stereocenters. The molecule has 5 aromatic heterocycles. The van der Waals surface area contributed by atoms with E-state index in [1.54, 1.807) is 0 Å². The lowest BCUT2D eigenvalue weighted by Gasteiger charge is -2.13. The van der Waals surface area contributed by atoms with Crippen LogP contribution >= 0.6 is 0 Å². The minimum atomic E-state index is 0.565. The average Bonchev–Trinajstić information content (AvgIpc) is 4.13. The van der Waals surface area contributed by atoms with E-state index in [0.717, 1.165) is 116 Å². The van der Waals surface area contributed by atoms with Crippen molar-refractivity contribution in [2.24, 2.45) is 0 Å². The average molecular weight is 820 g/mol. The van der Waals surface area contributed by atoms with Crippen molar-refractivity contribution < 1.29 is 8.83 Å². The van der Waals surface area contributed by atoms with Gasteiger partial charge in [0.25, 0.3) is 0 Å². The van der Waals surface area contributed by atoms with Gasteiger partial charge in [-0.1, -0.05) is 152 Å². The van der Waals surface area contributed by atoms with Gasteiger partial charge in [-0.15, -0.1) is 0 Å². The quantitative estimate of drug-likeness (QED) is 0.173. The van der Waals surface area contributed by atoms with E-state index in [1.807, 2.05) is 78.9 Å². The van der Waals surface area contributed by atoms with Gasteiger partial charge in [0.15, 0.2) is 23.1 Å². The molecule has 0 aliphatic carbocycles. The van der Waals surface area contributed by atoms with Gasteiger partial charge in [-0.3, -0.25) is 0 Å². The molecule has 0 unspecified atom stereocenters. The largest absolute Gasteiger partial charge is 0.455 e. The lowest BCUT2D eigenvalue weighted by Crippen LogP contribution is -2.01. The van der Waals surface area contributed by atoms with Crippen LogP contribution in [0.3, 0.4) is 0 Å². The first-order valence-electron chi connectivity index (χ1n) is 21.5. The van der Waals surface area contributed by atoms with Crippen molar-refractivity contribution in [3.05, 3.63) is 200 Å². The van der Waals surface area contributed by atoms with Gasteiger partial charge in [0, 0.05) is 54.7 Å². The molecule has 0 aliphatic rings. The van der Waals surface area contributed by atoms with Gasteiger partial charge in [0.1, 0.15) is 16.7 Å². The molecule has 5 heterocycles. The summed E-state index contributed by atoms with van der Waals surface area (Å²) in [5, 5.41) is 8.49. The van der Waals surface area contributed by atoms with E-state index in [4.69, 9.17) is 23.8 Å². The molecule has 0 fully saturated rings. The molecular formula is C57H33N5O2. The third kappa shape index (κ3) is 4.89. The standard InChI is InChI=1S/C57H33N5O2/c1-4-18-34(19-5-1)55-58-56(35-20-6-2-7-21-35)60-57(59-55)41-32-33-44(53-47(41)39-26-12-16-30-45(39)63-53)62-43-29-15-10-24-37(43)48-51-49(54-50(52(48)62)40-27-13-17-31-46(40)64-54)38-25-11-14-28-42(38)61(51)36-22-8-3-9-23-36/h1-33H.